The van der Waals surface area contributed by atoms with E-state index in [1.165, 1.54) is 5.56 Å². The Hall–Kier alpha value is -1.84. The van der Waals surface area contributed by atoms with Crippen molar-refractivity contribution >= 4 is 0 Å². The van der Waals surface area contributed by atoms with Gasteiger partial charge in [0.1, 0.15) is 5.75 Å². The molecule has 0 aliphatic carbocycles. The first kappa shape index (κ1) is 14.6. The van der Waals surface area contributed by atoms with Crippen LogP contribution in [0.2, 0.25) is 0 Å². The molecule has 106 valence electrons. The number of hydrogen-bond acceptors (Lipinski definition) is 3. The van der Waals surface area contributed by atoms with Gasteiger partial charge in [-0.2, -0.15) is 0 Å². The molecule has 2 rings (SSSR count). The van der Waals surface area contributed by atoms with Crippen LogP contribution in [0.1, 0.15) is 17.5 Å². The van der Waals surface area contributed by atoms with Crippen LogP contribution < -0.4 is 5.73 Å². The van der Waals surface area contributed by atoms with Crippen LogP contribution in [0.4, 0.5) is 0 Å². The Kier molecular flexibility index (Phi) is 5.59. The molecule has 0 saturated heterocycles. The zero-order chi connectivity index (χ0) is 14.2. The van der Waals surface area contributed by atoms with Gasteiger partial charge in [0.25, 0.3) is 0 Å². The Morgan fingerprint density at radius 3 is 2.30 bits per heavy atom. The zero-order valence-corrected chi connectivity index (χ0v) is 11.7. The van der Waals surface area contributed by atoms with Gasteiger partial charge in [0.2, 0.25) is 0 Å². The molecule has 0 radical (unpaired) electrons. The van der Waals surface area contributed by atoms with Crippen LogP contribution in [-0.4, -0.2) is 23.1 Å². The number of nitrogens with two attached hydrogens (primary N) is 1. The highest BCUT2D eigenvalue weighted by molar-refractivity contribution is 5.31. The molecule has 0 spiro atoms. The summed E-state index contributed by atoms with van der Waals surface area (Å²) in [6.45, 7) is 3.22. The van der Waals surface area contributed by atoms with E-state index in [0.29, 0.717) is 12.3 Å². The van der Waals surface area contributed by atoms with Crippen molar-refractivity contribution in [3.8, 4) is 5.75 Å². The highest BCUT2D eigenvalue weighted by atomic mass is 16.3. The molecule has 0 atom stereocenters. The van der Waals surface area contributed by atoms with Crippen molar-refractivity contribution < 1.29 is 5.11 Å². The maximum absolute atomic E-state index is 9.90. The molecule has 20 heavy (non-hydrogen) atoms. The molecule has 3 nitrogen and oxygen atoms in total. The lowest BCUT2D eigenvalue weighted by molar-refractivity contribution is 0.251. The van der Waals surface area contributed by atoms with E-state index < -0.39 is 0 Å². The Balaban J connectivity index is 2.05. The van der Waals surface area contributed by atoms with E-state index in [4.69, 9.17) is 5.73 Å². The summed E-state index contributed by atoms with van der Waals surface area (Å²) in [6, 6.07) is 17.9. The molecule has 0 aromatic heterocycles. The largest absolute Gasteiger partial charge is 0.508 e. The molecule has 0 bridgehead atoms. The summed E-state index contributed by atoms with van der Waals surface area (Å²) in [6.07, 6.45) is 0.959. The van der Waals surface area contributed by atoms with Crippen LogP contribution in [-0.2, 0) is 13.1 Å². The third-order valence-corrected chi connectivity index (χ3v) is 3.31. The van der Waals surface area contributed by atoms with Gasteiger partial charge in [0, 0.05) is 25.2 Å². The van der Waals surface area contributed by atoms with E-state index in [1.807, 2.05) is 24.3 Å². The number of rotatable bonds is 7. The number of aromatic hydroxyl groups is 1. The van der Waals surface area contributed by atoms with E-state index in [9.17, 15) is 5.11 Å². The summed E-state index contributed by atoms with van der Waals surface area (Å²) in [5, 5.41) is 9.90. The first-order valence-corrected chi connectivity index (χ1v) is 7.03. The molecular formula is C17H22N2O. The van der Waals surface area contributed by atoms with Gasteiger partial charge in [0.05, 0.1) is 0 Å². The first-order chi connectivity index (χ1) is 9.79. The maximum Gasteiger partial charge on any atom is 0.120 e. The van der Waals surface area contributed by atoms with Gasteiger partial charge < -0.3 is 10.8 Å². The van der Waals surface area contributed by atoms with Crippen molar-refractivity contribution in [1.82, 2.24) is 4.90 Å². The van der Waals surface area contributed by atoms with Crippen molar-refractivity contribution in [1.29, 1.82) is 0 Å². The number of hydrogen-bond donors (Lipinski definition) is 2. The van der Waals surface area contributed by atoms with E-state index in [0.717, 1.165) is 31.6 Å². The number of benzene rings is 2. The lowest BCUT2D eigenvalue weighted by atomic mass is 10.1. The van der Waals surface area contributed by atoms with E-state index in [1.54, 1.807) is 6.07 Å². The summed E-state index contributed by atoms with van der Waals surface area (Å²) in [5.41, 5.74) is 7.85. The lowest BCUT2D eigenvalue weighted by Gasteiger charge is -2.22. The van der Waals surface area contributed by atoms with Crippen LogP contribution in [0.25, 0.3) is 0 Å². The summed E-state index contributed by atoms with van der Waals surface area (Å²) >= 11 is 0. The predicted octanol–water partition coefficient (Wildman–Crippen LogP) is 2.74. The van der Waals surface area contributed by atoms with Crippen molar-refractivity contribution in [3.63, 3.8) is 0 Å². The van der Waals surface area contributed by atoms with Gasteiger partial charge in [-0.25, -0.2) is 0 Å². The molecule has 0 aliphatic heterocycles. The fraction of sp³-hybridized carbons (Fsp3) is 0.294. The second-order valence-corrected chi connectivity index (χ2v) is 4.97. The molecule has 0 saturated carbocycles. The minimum absolute atomic E-state index is 0.360. The Morgan fingerprint density at radius 1 is 0.900 bits per heavy atom. The minimum atomic E-state index is 0.360. The highest BCUT2D eigenvalue weighted by Crippen LogP contribution is 2.19. The number of phenolic OH excluding ortho intramolecular Hbond substituents is 1. The molecule has 2 aromatic carbocycles. The Morgan fingerprint density at radius 2 is 1.60 bits per heavy atom. The molecule has 3 N–H and O–H groups in total. The Bertz CT molecular complexity index is 513. The lowest BCUT2D eigenvalue weighted by Crippen LogP contribution is -2.25. The van der Waals surface area contributed by atoms with Crippen molar-refractivity contribution in [2.75, 3.05) is 13.1 Å². The fourth-order valence-corrected chi connectivity index (χ4v) is 2.26. The van der Waals surface area contributed by atoms with Gasteiger partial charge in [-0.3, -0.25) is 4.90 Å². The van der Waals surface area contributed by atoms with Crippen LogP contribution in [0.15, 0.2) is 54.6 Å². The average molecular weight is 270 g/mol. The second-order valence-electron chi connectivity index (χ2n) is 4.97. The van der Waals surface area contributed by atoms with Crippen molar-refractivity contribution in [3.05, 3.63) is 65.7 Å². The van der Waals surface area contributed by atoms with Gasteiger partial charge in [-0.05, 0) is 24.6 Å². The van der Waals surface area contributed by atoms with Crippen molar-refractivity contribution in [2.45, 2.75) is 19.5 Å². The van der Waals surface area contributed by atoms with Gasteiger partial charge in [0.15, 0.2) is 0 Å². The molecule has 2 aromatic rings. The summed E-state index contributed by atoms with van der Waals surface area (Å²) in [7, 11) is 0. The molecule has 0 fully saturated rings. The normalized spacial score (nSPS) is 10.9. The first-order valence-electron chi connectivity index (χ1n) is 7.03. The zero-order valence-electron chi connectivity index (χ0n) is 11.7. The molecule has 0 unspecified atom stereocenters. The van der Waals surface area contributed by atoms with Crippen LogP contribution in [0.5, 0.6) is 5.75 Å². The molecule has 0 heterocycles. The third kappa shape index (κ3) is 4.37. The number of para-hydroxylation sites is 1. The molecule has 0 aliphatic rings. The smallest absolute Gasteiger partial charge is 0.120 e. The maximum atomic E-state index is 9.90. The standard InChI is InChI=1S/C17H22N2O/c18-11-6-12-19(13-15-7-2-1-3-8-15)14-16-9-4-5-10-17(16)20/h1-5,7-10,20H,6,11-14,18H2. The third-order valence-electron chi connectivity index (χ3n) is 3.31. The summed E-state index contributed by atoms with van der Waals surface area (Å²) in [4.78, 5) is 2.32. The Labute approximate surface area is 120 Å². The summed E-state index contributed by atoms with van der Waals surface area (Å²) < 4.78 is 0. The van der Waals surface area contributed by atoms with Crippen LogP contribution in [0.3, 0.4) is 0 Å². The minimum Gasteiger partial charge on any atom is -0.508 e. The van der Waals surface area contributed by atoms with Crippen LogP contribution >= 0.6 is 0 Å². The topological polar surface area (TPSA) is 49.5 Å². The predicted molar refractivity (Wildman–Crippen MR) is 82.3 cm³/mol. The fourth-order valence-electron chi connectivity index (χ4n) is 2.26. The second kappa shape index (κ2) is 7.68. The van der Waals surface area contributed by atoms with Gasteiger partial charge in [-0.1, -0.05) is 48.5 Å². The van der Waals surface area contributed by atoms with Crippen molar-refractivity contribution in [2.24, 2.45) is 5.73 Å². The number of nitrogens with zero attached hydrogens (tertiary/aromatic N) is 1. The van der Waals surface area contributed by atoms with Crippen LogP contribution in [0, 0.1) is 0 Å². The highest BCUT2D eigenvalue weighted by Gasteiger charge is 2.09. The monoisotopic (exact) mass is 270 g/mol. The molecular weight excluding hydrogens is 248 g/mol. The molecule has 0 amide bonds. The molecule has 3 heteroatoms. The van der Waals surface area contributed by atoms with Gasteiger partial charge in [-0.15, -0.1) is 0 Å². The SMILES string of the molecule is NCCCN(Cc1ccccc1)Cc1ccccc1O. The quantitative estimate of drug-likeness (QED) is 0.813. The van der Waals surface area contributed by atoms with E-state index >= 15 is 0 Å². The number of phenols is 1. The average Bonchev–Trinajstić information content (AvgIpc) is 2.48. The summed E-state index contributed by atoms with van der Waals surface area (Å²) in [5.74, 6) is 0.360. The van der Waals surface area contributed by atoms with E-state index in [-0.39, 0.29) is 0 Å². The van der Waals surface area contributed by atoms with E-state index in [2.05, 4.69) is 29.2 Å². The van der Waals surface area contributed by atoms with Gasteiger partial charge >= 0.3 is 0 Å².